The second-order valence-corrected chi connectivity index (χ2v) is 4.91. The zero-order valence-electron chi connectivity index (χ0n) is 9.05. The first-order valence-corrected chi connectivity index (χ1v) is 5.74. The summed E-state index contributed by atoms with van der Waals surface area (Å²) in [5.74, 6) is 1.38. The molecule has 2 fully saturated rings. The lowest BCUT2D eigenvalue weighted by Gasteiger charge is -2.19. The molecule has 2 saturated carbocycles. The van der Waals surface area contributed by atoms with Gasteiger partial charge in [-0.1, -0.05) is 13.8 Å². The van der Waals surface area contributed by atoms with Crippen molar-refractivity contribution in [2.75, 3.05) is 0 Å². The highest BCUT2D eigenvalue weighted by atomic mass is 16.2. The van der Waals surface area contributed by atoms with Crippen LogP contribution in [0.1, 0.15) is 39.5 Å². The molecular formula is C11H20N2O. The Balaban J connectivity index is 1.75. The zero-order valence-corrected chi connectivity index (χ0v) is 9.05. The van der Waals surface area contributed by atoms with E-state index in [1.165, 1.54) is 6.42 Å². The summed E-state index contributed by atoms with van der Waals surface area (Å²) in [6, 6.07) is 0.895. The highest BCUT2D eigenvalue weighted by Gasteiger charge is 2.31. The number of carbonyl (C=O) groups is 1. The Labute approximate surface area is 85.6 Å². The van der Waals surface area contributed by atoms with Gasteiger partial charge in [-0.3, -0.25) is 0 Å². The molecule has 0 bridgehead atoms. The average Bonchev–Trinajstić information content (AvgIpc) is 2.89. The molecule has 0 aromatic carbocycles. The van der Waals surface area contributed by atoms with Gasteiger partial charge in [0.2, 0.25) is 0 Å². The van der Waals surface area contributed by atoms with Crippen molar-refractivity contribution in [3.8, 4) is 0 Å². The Morgan fingerprint density at radius 1 is 1.07 bits per heavy atom. The SMILES string of the molecule is CC1CCC(NC(=O)NC2CC2)C1C. The number of urea groups is 1. The molecule has 2 amide bonds. The molecule has 0 aliphatic heterocycles. The predicted octanol–water partition coefficient (Wildman–Crippen LogP) is 1.88. The lowest BCUT2D eigenvalue weighted by molar-refractivity contribution is 0.232. The lowest BCUT2D eigenvalue weighted by atomic mass is 9.98. The molecule has 0 aromatic heterocycles. The van der Waals surface area contributed by atoms with Crippen LogP contribution in [0.5, 0.6) is 0 Å². The predicted molar refractivity (Wildman–Crippen MR) is 56.0 cm³/mol. The highest BCUT2D eigenvalue weighted by Crippen LogP contribution is 2.31. The Bertz CT molecular complexity index is 225. The van der Waals surface area contributed by atoms with E-state index >= 15 is 0 Å². The summed E-state index contributed by atoms with van der Waals surface area (Å²) in [4.78, 5) is 11.5. The fraction of sp³-hybridized carbons (Fsp3) is 0.909. The summed E-state index contributed by atoms with van der Waals surface area (Å²) in [7, 11) is 0. The van der Waals surface area contributed by atoms with Gasteiger partial charge in [0.1, 0.15) is 0 Å². The third-order valence-electron chi connectivity index (χ3n) is 3.69. The molecule has 3 heteroatoms. The van der Waals surface area contributed by atoms with Crippen molar-refractivity contribution in [1.82, 2.24) is 10.6 Å². The summed E-state index contributed by atoms with van der Waals surface area (Å²) in [6.45, 7) is 4.50. The first-order chi connectivity index (χ1) is 6.66. The highest BCUT2D eigenvalue weighted by molar-refractivity contribution is 5.75. The Morgan fingerprint density at radius 2 is 1.79 bits per heavy atom. The second kappa shape index (κ2) is 3.79. The maximum absolute atomic E-state index is 11.5. The topological polar surface area (TPSA) is 41.1 Å². The molecule has 0 spiro atoms. The van der Waals surface area contributed by atoms with Gasteiger partial charge in [-0.2, -0.15) is 0 Å². The van der Waals surface area contributed by atoms with Crippen molar-refractivity contribution >= 4 is 6.03 Å². The third-order valence-corrected chi connectivity index (χ3v) is 3.69. The largest absolute Gasteiger partial charge is 0.335 e. The molecule has 2 aliphatic rings. The van der Waals surface area contributed by atoms with Gasteiger partial charge >= 0.3 is 6.03 Å². The Hall–Kier alpha value is -0.730. The van der Waals surface area contributed by atoms with E-state index < -0.39 is 0 Å². The smallest absolute Gasteiger partial charge is 0.315 e. The van der Waals surface area contributed by atoms with Crippen molar-refractivity contribution in [2.45, 2.75) is 51.6 Å². The summed E-state index contributed by atoms with van der Waals surface area (Å²) >= 11 is 0. The van der Waals surface area contributed by atoms with E-state index in [0.717, 1.165) is 25.2 Å². The van der Waals surface area contributed by atoms with Crippen LogP contribution in [0.15, 0.2) is 0 Å². The number of hydrogen-bond donors (Lipinski definition) is 2. The van der Waals surface area contributed by atoms with Crippen LogP contribution in [-0.2, 0) is 0 Å². The van der Waals surface area contributed by atoms with E-state index in [1.54, 1.807) is 0 Å². The van der Waals surface area contributed by atoms with Gasteiger partial charge in [-0.25, -0.2) is 4.79 Å². The fourth-order valence-electron chi connectivity index (χ4n) is 2.19. The minimum atomic E-state index is 0.0402. The van der Waals surface area contributed by atoms with Crippen molar-refractivity contribution in [3.63, 3.8) is 0 Å². The van der Waals surface area contributed by atoms with Crippen LogP contribution in [0.4, 0.5) is 4.79 Å². The third kappa shape index (κ3) is 2.20. The molecule has 0 heterocycles. The molecule has 2 aliphatic carbocycles. The van der Waals surface area contributed by atoms with Crippen LogP contribution in [-0.4, -0.2) is 18.1 Å². The average molecular weight is 196 g/mol. The van der Waals surface area contributed by atoms with Gasteiger partial charge in [0.05, 0.1) is 0 Å². The number of hydrogen-bond acceptors (Lipinski definition) is 1. The van der Waals surface area contributed by atoms with Gasteiger partial charge in [0, 0.05) is 12.1 Å². The van der Waals surface area contributed by atoms with Gasteiger partial charge in [0.25, 0.3) is 0 Å². The van der Waals surface area contributed by atoms with Crippen LogP contribution in [0.25, 0.3) is 0 Å². The van der Waals surface area contributed by atoms with Gasteiger partial charge in [0.15, 0.2) is 0 Å². The van der Waals surface area contributed by atoms with Crippen molar-refractivity contribution in [1.29, 1.82) is 0 Å². The normalized spacial score (nSPS) is 36.9. The second-order valence-electron chi connectivity index (χ2n) is 4.91. The maximum Gasteiger partial charge on any atom is 0.315 e. The van der Waals surface area contributed by atoms with E-state index in [-0.39, 0.29) is 6.03 Å². The molecule has 2 rings (SSSR count). The number of nitrogens with one attached hydrogen (secondary N) is 2. The van der Waals surface area contributed by atoms with E-state index in [1.807, 2.05) is 0 Å². The minimum absolute atomic E-state index is 0.0402. The van der Waals surface area contributed by atoms with Crippen molar-refractivity contribution in [3.05, 3.63) is 0 Å². The number of amides is 2. The number of rotatable bonds is 2. The molecule has 14 heavy (non-hydrogen) atoms. The van der Waals surface area contributed by atoms with Gasteiger partial charge < -0.3 is 10.6 Å². The molecule has 0 saturated heterocycles. The first-order valence-electron chi connectivity index (χ1n) is 5.74. The van der Waals surface area contributed by atoms with Crippen LogP contribution in [0, 0.1) is 11.8 Å². The molecule has 0 aromatic rings. The molecule has 3 atom stereocenters. The monoisotopic (exact) mass is 196 g/mol. The Morgan fingerprint density at radius 3 is 2.29 bits per heavy atom. The minimum Gasteiger partial charge on any atom is -0.335 e. The molecule has 3 nitrogen and oxygen atoms in total. The zero-order chi connectivity index (χ0) is 10.1. The summed E-state index contributed by atoms with van der Waals surface area (Å²) < 4.78 is 0. The van der Waals surface area contributed by atoms with Crippen molar-refractivity contribution < 1.29 is 4.79 Å². The van der Waals surface area contributed by atoms with Crippen LogP contribution >= 0.6 is 0 Å². The van der Waals surface area contributed by atoms with Crippen LogP contribution in [0.3, 0.4) is 0 Å². The lowest BCUT2D eigenvalue weighted by Crippen LogP contribution is -2.44. The van der Waals surface area contributed by atoms with Gasteiger partial charge in [-0.05, 0) is 37.5 Å². The quantitative estimate of drug-likeness (QED) is 0.695. The van der Waals surface area contributed by atoms with E-state index in [4.69, 9.17) is 0 Å². The summed E-state index contributed by atoms with van der Waals surface area (Å²) in [6.07, 6.45) is 4.70. The molecule has 3 unspecified atom stereocenters. The van der Waals surface area contributed by atoms with E-state index in [0.29, 0.717) is 18.0 Å². The number of carbonyl (C=O) groups excluding carboxylic acids is 1. The molecular weight excluding hydrogens is 176 g/mol. The molecule has 80 valence electrons. The standard InChI is InChI=1S/C11H20N2O/c1-7-3-6-10(8(7)2)13-11(14)12-9-4-5-9/h7-10H,3-6H2,1-2H3,(H2,12,13,14). The van der Waals surface area contributed by atoms with E-state index in [9.17, 15) is 4.79 Å². The summed E-state index contributed by atoms with van der Waals surface area (Å²) in [5, 5.41) is 6.05. The first kappa shape index (κ1) is 9.81. The van der Waals surface area contributed by atoms with E-state index in [2.05, 4.69) is 24.5 Å². The van der Waals surface area contributed by atoms with Crippen molar-refractivity contribution in [2.24, 2.45) is 11.8 Å². The molecule has 0 radical (unpaired) electrons. The van der Waals surface area contributed by atoms with Gasteiger partial charge in [-0.15, -0.1) is 0 Å². The van der Waals surface area contributed by atoms with Crippen LogP contribution < -0.4 is 10.6 Å². The summed E-state index contributed by atoms with van der Waals surface area (Å²) in [5.41, 5.74) is 0. The maximum atomic E-state index is 11.5. The molecule has 2 N–H and O–H groups in total. The Kier molecular flexibility index (Phi) is 2.66. The van der Waals surface area contributed by atoms with Crippen LogP contribution in [0.2, 0.25) is 0 Å². The fourth-order valence-corrected chi connectivity index (χ4v) is 2.19.